The zero-order chi connectivity index (χ0) is 7.71. The summed E-state index contributed by atoms with van der Waals surface area (Å²) in [7, 11) is -4.29. The van der Waals surface area contributed by atoms with E-state index in [1.165, 1.54) is 6.26 Å². The smallest absolute Gasteiger partial charge is 0.315 e. The molecule has 0 aliphatic carbocycles. The Labute approximate surface area is 55.5 Å². The lowest BCUT2D eigenvalue weighted by Gasteiger charge is -2.00. The van der Waals surface area contributed by atoms with E-state index < -0.39 is 13.5 Å². The molecule has 8 heteroatoms. The molecule has 0 heterocycles. The molecule has 0 atom stereocenters. The molecule has 56 valence electrons. The lowest BCUT2D eigenvalue weighted by molar-refractivity contribution is 0.375. The van der Waals surface area contributed by atoms with Gasteiger partial charge in [-0.05, 0) is 0 Å². The highest BCUT2D eigenvalue weighted by Gasteiger charge is 2.44. The lowest BCUT2D eigenvalue weighted by Crippen LogP contribution is -1.81. The van der Waals surface area contributed by atoms with E-state index in [1.807, 2.05) is 0 Å². The Balaban J connectivity index is 4.80. The minimum Gasteiger partial charge on any atom is -0.315 e. The molecular weight excluding hydrogens is 186 g/mol. The maximum absolute atomic E-state index is 10.1. The van der Waals surface area contributed by atoms with Gasteiger partial charge in [0.2, 0.25) is 10.9 Å². The molecular formula is CH7O5P2S+. The van der Waals surface area contributed by atoms with Crippen molar-refractivity contribution in [3.05, 3.63) is 0 Å². The Hall–Kier alpha value is 0.720. The van der Waals surface area contributed by atoms with Crippen molar-refractivity contribution in [1.29, 1.82) is 0 Å². The molecule has 0 amide bonds. The van der Waals surface area contributed by atoms with Crippen LogP contribution in [0.1, 0.15) is 0 Å². The lowest BCUT2D eigenvalue weighted by atomic mass is 12.0. The van der Waals surface area contributed by atoms with Crippen LogP contribution in [0.5, 0.6) is 0 Å². The first-order valence-corrected chi connectivity index (χ1v) is 7.62. The van der Waals surface area contributed by atoms with Crippen molar-refractivity contribution in [2.75, 3.05) is 6.26 Å². The first kappa shape index (κ1) is 9.72. The summed E-state index contributed by atoms with van der Waals surface area (Å²) >= 11 is 0. The third-order valence-corrected chi connectivity index (χ3v) is 8.64. The van der Waals surface area contributed by atoms with Gasteiger partial charge in [0.15, 0.2) is 6.26 Å². The molecule has 0 aromatic rings. The standard InChI is InChI=1S/CH6O5P2S/c1-9-8(5,6)7(2,3)4/h1H3,(H3-,2,3,4,5,6)/p+1. The summed E-state index contributed by atoms with van der Waals surface area (Å²) in [6.45, 7) is 0. The van der Waals surface area contributed by atoms with E-state index in [4.69, 9.17) is 19.6 Å². The molecule has 5 nitrogen and oxygen atoms in total. The van der Waals surface area contributed by atoms with Gasteiger partial charge in [-0.3, -0.25) is 0 Å². The molecule has 0 spiro atoms. The summed E-state index contributed by atoms with van der Waals surface area (Å²) in [6.07, 6.45) is -2.79. The third-order valence-electron chi connectivity index (χ3n) is 0.584. The van der Waals surface area contributed by atoms with Crippen LogP contribution in [0.3, 0.4) is 0 Å². The van der Waals surface area contributed by atoms with Gasteiger partial charge < -0.3 is 19.6 Å². The fraction of sp³-hybridized carbons (Fsp3) is 1.00. The minimum atomic E-state index is -4.68. The highest BCUT2D eigenvalue weighted by Crippen LogP contribution is 2.72. The largest absolute Gasteiger partial charge is 0.479 e. The van der Waals surface area contributed by atoms with E-state index in [-0.39, 0.29) is 0 Å². The van der Waals surface area contributed by atoms with E-state index in [9.17, 15) is 4.57 Å². The molecule has 0 saturated heterocycles. The number of hydrogen-bond acceptors (Lipinski definition) is 1. The fourth-order valence-corrected chi connectivity index (χ4v) is 2.87. The van der Waals surface area contributed by atoms with Crippen LogP contribution in [0.15, 0.2) is 0 Å². The number of hydrogen-bond donors (Lipinski definition) is 4. The predicted octanol–water partition coefficient (Wildman–Crippen LogP) is -0.461. The average molecular weight is 193 g/mol. The normalized spacial score (nSPS) is 13.4. The monoisotopic (exact) mass is 193 g/mol. The van der Waals surface area contributed by atoms with Crippen LogP contribution in [-0.4, -0.2) is 25.8 Å². The fourth-order valence-electron chi connectivity index (χ4n) is 0.106. The Kier molecular flexibility index (Phi) is 2.98. The summed E-state index contributed by atoms with van der Waals surface area (Å²) in [5.74, 6) is 0. The second-order valence-corrected chi connectivity index (χ2v) is 10.3. The van der Waals surface area contributed by atoms with Crippen LogP contribution in [0.2, 0.25) is 0 Å². The van der Waals surface area contributed by atoms with Crippen LogP contribution in [-0.2, 0) is 15.5 Å². The summed E-state index contributed by atoms with van der Waals surface area (Å²) in [5, 5.41) is 0. The number of rotatable bonds is 1. The Morgan fingerprint density at radius 3 is 1.56 bits per heavy atom. The Morgan fingerprint density at radius 2 is 1.56 bits per heavy atom. The van der Waals surface area contributed by atoms with Gasteiger partial charge in [0.1, 0.15) is 0 Å². The molecule has 0 aromatic heterocycles. The van der Waals surface area contributed by atoms with Gasteiger partial charge in [0.25, 0.3) is 0 Å². The zero-order valence-corrected chi connectivity index (χ0v) is 7.11. The summed E-state index contributed by atoms with van der Waals surface area (Å²) < 4.78 is 10.1. The van der Waals surface area contributed by atoms with Gasteiger partial charge in [0.05, 0.1) is 0 Å². The third kappa shape index (κ3) is 2.43. The van der Waals surface area contributed by atoms with Crippen LogP contribution in [0.25, 0.3) is 0 Å². The molecule has 0 aliphatic rings. The second-order valence-electron chi connectivity index (χ2n) is 1.21. The van der Waals surface area contributed by atoms with Gasteiger partial charge in [-0.2, -0.15) is 0 Å². The first-order valence-electron chi connectivity index (χ1n) is 1.77. The van der Waals surface area contributed by atoms with E-state index in [1.54, 1.807) is 0 Å². The SMILES string of the molecule is C[S+]=P(O)(O)P(=O)(O)O. The average Bonchev–Trinajstić information content (AvgIpc) is 1.64. The van der Waals surface area contributed by atoms with E-state index in [0.29, 0.717) is 10.9 Å². The summed E-state index contributed by atoms with van der Waals surface area (Å²) in [6, 6.07) is 0. The summed E-state index contributed by atoms with van der Waals surface area (Å²) in [4.78, 5) is 33.4. The van der Waals surface area contributed by atoms with Crippen LogP contribution in [0, 0.1) is 0 Å². The quantitative estimate of drug-likeness (QED) is 0.333. The molecule has 0 bridgehead atoms. The molecule has 0 aliphatic heterocycles. The van der Waals surface area contributed by atoms with Crippen LogP contribution < -0.4 is 0 Å². The maximum atomic E-state index is 10.1. The maximum Gasteiger partial charge on any atom is 0.479 e. The second kappa shape index (κ2) is 2.76. The van der Waals surface area contributed by atoms with Crippen molar-refractivity contribution in [2.45, 2.75) is 0 Å². The van der Waals surface area contributed by atoms with Gasteiger partial charge in [-0.1, -0.05) is 0 Å². The molecule has 0 fully saturated rings. The molecule has 0 saturated carbocycles. The van der Waals surface area contributed by atoms with Gasteiger partial charge in [-0.15, -0.1) is 0 Å². The molecule has 0 rings (SSSR count). The van der Waals surface area contributed by atoms with Gasteiger partial charge in [0, 0.05) is 0 Å². The molecule has 0 unspecified atom stereocenters. The van der Waals surface area contributed by atoms with Gasteiger partial charge in [-0.25, -0.2) is 4.57 Å². The topological polar surface area (TPSA) is 98.0 Å². The molecule has 9 heavy (non-hydrogen) atoms. The Morgan fingerprint density at radius 1 is 1.22 bits per heavy atom. The summed E-state index contributed by atoms with van der Waals surface area (Å²) in [5.41, 5.74) is 0. The minimum absolute atomic E-state index is 0.393. The Bertz CT molecular complexity index is 185. The van der Waals surface area contributed by atoms with E-state index >= 15 is 0 Å². The van der Waals surface area contributed by atoms with Crippen molar-refractivity contribution in [1.82, 2.24) is 0 Å². The highest BCUT2D eigenvalue weighted by molar-refractivity contribution is 8.50. The van der Waals surface area contributed by atoms with Crippen molar-refractivity contribution >= 4 is 24.4 Å². The molecule has 0 aromatic carbocycles. The van der Waals surface area contributed by atoms with Crippen molar-refractivity contribution < 1.29 is 24.1 Å². The van der Waals surface area contributed by atoms with Crippen LogP contribution >= 0.6 is 13.5 Å². The van der Waals surface area contributed by atoms with E-state index in [2.05, 4.69) is 0 Å². The van der Waals surface area contributed by atoms with Crippen LogP contribution in [0.4, 0.5) is 0 Å². The van der Waals surface area contributed by atoms with E-state index in [0.717, 1.165) is 0 Å². The van der Waals surface area contributed by atoms with Crippen molar-refractivity contribution in [3.63, 3.8) is 0 Å². The zero-order valence-electron chi connectivity index (χ0n) is 4.50. The predicted molar refractivity (Wildman–Crippen MR) is 36.7 cm³/mol. The highest BCUT2D eigenvalue weighted by atomic mass is 32.7. The molecule has 4 N–H and O–H groups in total. The first-order chi connectivity index (χ1) is 3.81. The van der Waals surface area contributed by atoms with Gasteiger partial charge >= 0.3 is 13.5 Å². The molecule has 0 radical (unpaired) electrons. The van der Waals surface area contributed by atoms with Crippen molar-refractivity contribution in [3.8, 4) is 0 Å². The van der Waals surface area contributed by atoms with Crippen molar-refractivity contribution in [2.24, 2.45) is 0 Å².